The van der Waals surface area contributed by atoms with E-state index >= 15 is 0 Å². The smallest absolute Gasteiger partial charge is 0.407 e. The fraction of sp³-hybridized carbons (Fsp3) is 0.567. The van der Waals surface area contributed by atoms with Gasteiger partial charge in [0.05, 0.1) is 49.9 Å². The molecule has 256 valence electrons. The summed E-state index contributed by atoms with van der Waals surface area (Å²) in [6.07, 6.45) is -3.11. The highest BCUT2D eigenvalue weighted by molar-refractivity contribution is 7.89. The summed E-state index contributed by atoms with van der Waals surface area (Å²) in [5.41, 5.74) is -0.158. The third kappa shape index (κ3) is 10.2. The molecule has 0 aliphatic carbocycles. The molecule has 1 amide bonds. The summed E-state index contributed by atoms with van der Waals surface area (Å²) in [5.74, 6) is 0.355. The van der Waals surface area contributed by atoms with Crippen LogP contribution in [0.2, 0.25) is 0 Å². The molecule has 4 rings (SSSR count). The number of alkyl carbamates (subject to hydrolysis) is 1. The van der Waals surface area contributed by atoms with Crippen molar-refractivity contribution >= 4 is 23.7 Å². The molecule has 2 aromatic rings. The molecule has 2 fully saturated rings. The van der Waals surface area contributed by atoms with Gasteiger partial charge in [0.25, 0.3) is 0 Å². The van der Waals surface area contributed by atoms with E-state index < -0.39 is 66.6 Å². The zero-order chi connectivity index (χ0) is 33.5. The van der Waals surface area contributed by atoms with Gasteiger partial charge < -0.3 is 43.9 Å². The predicted octanol–water partition coefficient (Wildman–Crippen LogP) is 2.32. The van der Waals surface area contributed by atoms with Gasteiger partial charge in [0.2, 0.25) is 10.0 Å². The molecule has 2 saturated heterocycles. The summed E-state index contributed by atoms with van der Waals surface area (Å²) in [6, 6.07) is 13.9. The predicted molar refractivity (Wildman–Crippen MR) is 166 cm³/mol. The zero-order valence-corrected chi connectivity index (χ0v) is 27.8. The minimum atomic E-state index is -4.45. The van der Waals surface area contributed by atoms with E-state index in [1.165, 1.54) is 31.4 Å². The van der Waals surface area contributed by atoms with Crippen molar-refractivity contribution < 1.29 is 56.4 Å². The first-order chi connectivity index (χ1) is 21.7. The molecule has 0 saturated carbocycles. The maximum absolute atomic E-state index is 14.0. The Hall–Kier alpha value is -2.59. The monoisotopic (exact) mass is 686 g/mol. The number of benzene rings is 2. The molecule has 0 radical (unpaired) electrons. The molecule has 4 N–H and O–H groups in total. The van der Waals surface area contributed by atoms with Crippen molar-refractivity contribution in [2.45, 2.75) is 56.1 Å². The Bertz CT molecular complexity index is 1440. The number of sulfonamides is 1. The summed E-state index contributed by atoms with van der Waals surface area (Å²) >= 11 is 0. The van der Waals surface area contributed by atoms with Crippen LogP contribution in [0.15, 0.2) is 59.5 Å². The number of ether oxygens (including phenoxy) is 5. The van der Waals surface area contributed by atoms with Crippen molar-refractivity contribution in [3.8, 4) is 5.75 Å². The largest absolute Gasteiger partial charge is 0.497 e. The molecule has 0 spiro atoms. The number of aliphatic hydroxyl groups is 1. The lowest BCUT2D eigenvalue weighted by Gasteiger charge is -2.35. The SMILES string of the molecule is COc1ccc(S(=O)(=O)N(C[C@@H](O)[C@H](Cc2ccccc2)NC(=O)OC2CO[C@H]3OCC[C@@H]23)CC(C)(C)COCP(=O)(O)O)cc1. The van der Waals surface area contributed by atoms with Crippen molar-refractivity contribution in [2.75, 3.05) is 46.4 Å². The zero-order valence-electron chi connectivity index (χ0n) is 26.1. The summed E-state index contributed by atoms with van der Waals surface area (Å²) in [6.45, 7) is 3.24. The van der Waals surface area contributed by atoms with E-state index in [9.17, 15) is 32.7 Å². The van der Waals surface area contributed by atoms with Gasteiger partial charge in [0, 0.05) is 18.5 Å². The molecule has 14 nitrogen and oxygen atoms in total. The number of aliphatic hydroxyl groups excluding tert-OH is 1. The van der Waals surface area contributed by atoms with E-state index in [-0.39, 0.29) is 37.0 Å². The molecular weight excluding hydrogens is 643 g/mol. The van der Waals surface area contributed by atoms with Crippen molar-refractivity contribution in [1.29, 1.82) is 0 Å². The Morgan fingerprint density at radius 3 is 2.48 bits per heavy atom. The van der Waals surface area contributed by atoms with Crippen LogP contribution in [0.1, 0.15) is 25.8 Å². The second-order valence-corrected chi connectivity index (χ2v) is 15.8. The number of hydrogen-bond acceptors (Lipinski definition) is 10. The molecule has 16 heteroatoms. The molecule has 2 aliphatic heterocycles. The van der Waals surface area contributed by atoms with E-state index in [4.69, 9.17) is 23.7 Å². The number of methoxy groups -OCH3 is 1. The molecule has 1 unspecified atom stereocenters. The first kappa shape index (κ1) is 36.2. The quantitative estimate of drug-likeness (QED) is 0.189. The highest BCUT2D eigenvalue weighted by Crippen LogP contribution is 2.35. The number of hydrogen-bond donors (Lipinski definition) is 4. The van der Waals surface area contributed by atoms with Gasteiger partial charge in [-0.25, -0.2) is 13.2 Å². The van der Waals surface area contributed by atoms with E-state index in [1.54, 1.807) is 13.8 Å². The lowest BCUT2D eigenvalue weighted by molar-refractivity contribution is -0.0907. The third-order valence-corrected chi connectivity index (χ3v) is 10.1. The maximum atomic E-state index is 14.0. The Labute approximate surface area is 269 Å². The molecule has 0 aromatic heterocycles. The van der Waals surface area contributed by atoms with Gasteiger partial charge in [-0.1, -0.05) is 44.2 Å². The van der Waals surface area contributed by atoms with Gasteiger partial charge in [-0.05, 0) is 42.7 Å². The van der Waals surface area contributed by atoms with Crippen molar-refractivity contribution in [3.63, 3.8) is 0 Å². The van der Waals surface area contributed by atoms with Crippen LogP contribution in [0, 0.1) is 11.3 Å². The summed E-state index contributed by atoms with van der Waals surface area (Å²) in [4.78, 5) is 31.5. The maximum Gasteiger partial charge on any atom is 0.407 e. The molecule has 5 atom stereocenters. The van der Waals surface area contributed by atoms with Gasteiger partial charge in [-0.15, -0.1) is 0 Å². The number of nitrogens with zero attached hydrogens (tertiary/aromatic N) is 1. The Balaban J connectivity index is 1.56. The van der Waals surface area contributed by atoms with Crippen LogP contribution in [0.4, 0.5) is 4.79 Å². The van der Waals surface area contributed by atoms with Crippen LogP contribution in [-0.4, -0.2) is 105 Å². The first-order valence-corrected chi connectivity index (χ1v) is 18.1. The summed E-state index contributed by atoms with van der Waals surface area (Å²) in [7, 11) is -7.23. The highest BCUT2D eigenvalue weighted by Gasteiger charge is 2.44. The topological polar surface area (TPSA) is 190 Å². The second-order valence-electron chi connectivity index (χ2n) is 12.3. The number of rotatable bonds is 16. The lowest BCUT2D eigenvalue weighted by atomic mass is 9.94. The van der Waals surface area contributed by atoms with Crippen molar-refractivity contribution in [2.24, 2.45) is 11.3 Å². The van der Waals surface area contributed by atoms with Crippen LogP contribution in [0.5, 0.6) is 5.75 Å². The number of nitrogens with one attached hydrogen (secondary N) is 1. The van der Waals surface area contributed by atoms with Gasteiger partial charge >= 0.3 is 13.7 Å². The Morgan fingerprint density at radius 1 is 1.13 bits per heavy atom. The van der Waals surface area contributed by atoms with Gasteiger partial charge in [-0.3, -0.25) is 4.57 Å². The van der Waals surface area contributed by atoms with Crippen LogP contribution in [0.3, 0.4) is 0 Å². The summed E-state index contributed by atoms with van der Waals surface area (Å²) < 4.78 is 67.5. The van der Waals surface area contributed by atoms with E-state index in [1.807, 2.05) is 30.3 Å². The molecular formula is C30H43N2O12PS. The van der Waals surface area contributed by atoms with Crippen molar-refractivity contribution in [1.82, 2.24) is 9.62 Å². The lowest BCUT2D eigenvalue weighted by Crippen LogP contribution is -2.52. The molecule has 46 heavy (non-hydrogen) atoms. The average Bonchev–Trinajstić information content (AvgIpc) is 3.61. The minimum absolute atomic E-state index is 0.0611. The number of amides is 1. The third-order valence-electron chi connectivity index (χ3n) is 7.75. The fourth-order valence-electron chi connectivity index (χ4n) is 5.47. The van der Waals surface area contributed by atoms with Crippen LogP contribution < -0.4 is 10.1 Å². The average molecular weight is 687 g/mol. The van der Waals surface area contributed by atoms with Gasteiger partial charge in [0.1, 0.15) is 18.2 Å². The first-order valence-electron chi connectivity index (χ1n) is 14.9. The number of carbonyl (C=O) groups is 1. The molecule has 0 bridgehead atoms. The Kier molecular flexibility index (Phi) is 12.2. The highest BCUT2D eigenvalue weighted by atomic mass is 32.2. The van der Waals surface area contributed by atoms with Gasteiger partial charge in [-0.2, -0.15) is 4.31 Å². The number of carbonyl (C=O) groups excluding carboxylic acids is 1. The van der Waals surface area contributed by atoms with Crippen LogP contribution in [-0.2, 0) is 40.0 Å². The van der Waals surface area contributed by atoms with Crippen LogP contribution >= 0.6 is 7.60 Å². The van der Waals surface area contributed by atoms with E-state index in [0.717, 1.165) is 9.87 Å². The van der Waals surface area contributed by atoms with Crippen molar-refractivity contribution in [3.05, 3.63) is 60.2 Å². The van der Waals surface area contributed by atoms with E-state index in [2.05, 4.69) is 5.32 Å². The molecule has 2 aliphatic rings. The minimum Gasteiger partial charge on any atom is -0.497 e. The molecule has 2 heterocycles. The van der Waals surface area contributed by atoms with E-state index in [0.29, 0.717) is 18.8 Å². The normalized spacial score (nSPS) is 21.5. The second kappa shape index (κ2) is 15.5. The van der Waals surface area contributed by atoms with Gasteiger partial charge in [0.15, 0.2) is 6.29 Å². The number of fused-ring (bicyclic) bond motifs is 1. The molecule has 2 aromatic carbocycles. The standard InChI is InChI=1S/C30H43N2O12PS/c1-30(2,19-41-20-45(35,36)37)18-32(46(38,39)23-11-9-22(40-3)10-12-23)16-26(33)25(15-21-7-5-4-6-8-21)31-29(34)44-27-17-43-28-24(27)13-14-42-28/h4-12,24-28,33H,13-20H2,1-3H3,(H,31,34)(H2,35,36,37)/t24-,25-,26+,27?,28+/m0/s1. The summed E-state index contributed by atoms with van der Waals surface area (Å²) in [5, 5.41) is 14.3. The van der Waals surface area contributed by atoms with Crippen LogP contribution in [0.25, 0.3) is 0 Å². The fourth-order valence-corrected chi connectivity index (χ4v) is 7.44. The Morgan fingerprint density at radius 2 is 1.83 bits per heavy atom.